The zero-order valence-corrected chi connectivity index (χ0v) is 13.1. The Balaban J connectivity index is 2.34. The third-order valence-electron chi connectivity index (χ3n) is 2.98. The maximum absolute atomic E-state index is 11.5. The van der Waals surface area contributed by atoms with E-state index in [0.717, 1.165) is 23.0 Å². The van der Waals surface area contributed by atoms with Crippen LogP contribution < -0.4 is 0 Å². The summed E-state index contributed by atoms with van der Waals surface area (Å²) in [5.74, 6) is 0.804. The van der Waals surface area contributed by atoms with E-state index in [9.17, 15) is 8.42 Å². The first kappa shape index (κ1) is 14.2. The number of hydrogen-bond donors (Lipinski definition) is 0. The fourth-order valence-corrected chi connectivity index (χ4v) is 4.38. The molecule has 4 nitrogen and oxygen atoms in total. The quantitative estimate of drug-likeness (QED) is 0.784. The summed E-state index contributed by atoms with van der Waals surface area (Å²) in [6.45, 7) is 2.06. The Kier molecular flexibility index (Phi) is 4.29. The second-order valence-electron chi connectivity index (χ2n) is 4.48. The number of nitrogens with zero attached hydrogens (tertiary/aromatic N) is 2. The van der Waals surface area contributed by atoms with E-state index in [1.807, 2.05) is 0 Å². The smallest absolute Gasteiger partial charge is 0.151 e. The highest BCUT2D eigenvalue weighted by Crippen LogP contribution is 2.31. The molecule has 1 aliphatic heterocycles. The summed E-state index contributed by atoms with van der Waals surface area (Å²) in [5, 5.41) is 0.368. The Morgan fingerprint density at radius 3 is 2.72 bits per heavy atom. The van der Waals surface area contributed by atoms with Crippen LogP contribution in [-0.2, 0) is 16.3 Å². The van der Waals surface area contributed by atoms with E-state index in [1.54, 1.807) is 0 Å². The molecule has 0 amide bonds. The van der Waals surface area contributed by atoms with Crippen molar-refractivity contribution in [3.05, 3.63) is 21.1 Å². The van der Waals surface area contributed by atoms with Gasteiger partial charge in [-0.05, 0) is 28.8 Å². The molecule has 1 fully saturated rings. The lowest BCUT2D eigenvalue weighted by molar-refractivity contribution is 0.601. The van der Waals surface area contributed by atoms with Crippen molar-refractivity contribution in [3.63, 3.8) is 0 Å². The zero-order chi connectivity index (χ0) is 13.3. The van der Waals surface area contributed by atoms with Gasteiger partial charge >= 0.3 is 0 Å². The Hall–Kier alpha value is -0.200. The number of sulfone groups is 1. The molecule has 7 heteroatoms. The van der Waals surface area contributed by atoms with Crippen LogP contribution in [0.3, 0.4) is 0 Å². The molecule has 100 valence electrons. The van der Waals surface area contributed by atoms with Crippen molar-refractivity contribution >= 4 is 37.4 Å². The SMILES string of the molecule is CCCc1nc(C2CCS(=O)(=O)C2)nc(Cl)c1Br. The van der Waals surface area contributed by atoms with Crippen LogP contribution in [0.15, 0.2) is 4.47 Å². The normalized spacial score (nSPS) is 22.3. The van der Waals surface area contributed by atoms with E-state index in [1.165, 1.54) is 0 Å². The van der Waals surface area contributed by atoms with E-state index >= 15 is 0 Å². The van der Waals surface area contributed by atoms with Gasteiger partial charge in [-0.3, -0.25) is 0 Å². The van der Waals surface area contributed by atoms with Crippen molar-refractivity contribution in [3.8, 4) is 0 Å². The highest BCUT2D eigenvalue weighted by molar-refractivity contribution is 9.10. The van der Waals surface area contributed by atoms with Gasteiger partial charge in [-0.15, -0.1) is 0 Å². The molecular weight excluding hydrogens is 340 g/mol. The van der Waals surface area contributed by atoms with Gasteiger partial charge in [-0.25, -0.2) is 18.4 Å². The van der Waals surface area contributed by atoms with E-state index < -0.39 is 9.84 Å². The predicted molar refractivity (Wildman–Crippen MR) is 74.7 cm³/mol. The molecule has 1 atom stereocenters. The first-order valence-corrected chi connectivity index (χ1v) is 8.84. The third kappa shape index (κ3) is 3.03. The lowest BCUT2D eigenvalue weighted by Gasteiger charge is -2.10. The lowest BCUT2D eigenvalue weighted by Crippen LogP contribution is -2.09. The summed E-state index contributed by atoms with van der Waals surface area (Å²) in [7, 11) is -2.93. The second-order valence-corrected chi connectivity index (χ2v) is 7.86. The van der Waals surface area contributed by atoms with Crippen molar-refractivity contribution in [2.45, 2.75) is 32.1 Å². The largest absolute Gasteiger partial charge is 0.236 e. The molecule has 0 N–H and O–H groups in total. The fraction of sp³-hybridized carbons (Fsp3) is 0.636. The van der Waals surface area contributed by atoms with E-state index in [2.05, 4.69) is 32.8 Å². The van der Waals surface area contributed by atoms with Gasteiger partial charge in [0.25, 0.3) is 0 Å². The van der Waals surface area contributed by atoms with Gasteiger partial charge in [0.2, 0.25) is 0 Å². The maximum Gasteiger partial charge on any atom is 0.151 e. The summed E-state index contributed by atoms with van der Waals surface area (Å²) in [4.78, 5) is 8.67. The average molecular weight is 354 g/mol. The van der Waals surface area contributed by atoms with E-state index in [-0.39, 0.29) is 17.4 Å². The van der Waals surface area contributed by atoms with Crippen molar-refractivity contribution < 1.29 is 8.42 Å². The molecule has 0 bridgehead atoms. The standard InChI is InChI=1S/C11H14BrClN2O2S/c1-2-3-8-9(12)10(13)15-11(14-8)7-4-5-18(16,17)6-7/h7H,2-6H2,1H3. The Labute approximate surface area is 120 Å². The fourth-order valence-electron chi connectivity index (χ4n) is 2.06. The number of halogens is 2. The van der Waals surface area contributed by atoms with E-state index in [0.29, 0.717) is 17.4 Å². The molecule has 0 aliphatic carbocycles. The Bertz CT molecular complexity index is 562. The zero-order valence-electron chi connectivity index (χ0n) is 9.99. The van der Waals surface area contributed by atoms with Crippen LogP contribution in [0.1, 0.15) is 37.2 Å². The summed E-state index contributed by atoms with van der Waals surface area (Å²) in [5.41, 5.74) is 0.858. The molecule has 1 aliphatic rings. The van der Waals surface area contributed by atoms with Gasteiger partial charge in [0.15, 0.2) is 9.84 Å². The van der Waals surface area contributed by atoms with Gasteiger partial charge in [-0.2, -0.15) is 0 Å². The third-order valence-corrected chi connectivity index (χ3v) is 6.08. The van der Waals surface area contributed by atoms with Crippen molar-refractivity contribution in [2.24, 2.45) is 0 Å². The van der Waals surface area contributed by atoms with Crippen LogP contribution in [0.4, 0.5) is 0 Å². The lowest BCUT2D eigenvalue weighted by atomic mass is 10.1. The molecule has 0 aromatic carbocycles. The highest BCUT2D eigenvalue weighted by Gasteiger charge is 2.31. The maximum atomic E-state index is 11.5. The number of rotatable bonds is 3. The van der Waals surface area contributed by atoms with Crippen molar-refractivity contribution in [2.75, 3.05) is 11.5 Å². The molecule has 1 aromatic heterocycles. The van der Waals surface area contributed by atoms with Gasteiger partial charge in [0, 0.05) is 5.92 Å². The van der Waals surface area contributed by atoms with Crippen LogP contribution in [0.5, 0.6) is 0 Å². The Morgan fingerprint density at radius 2 is 2.17 bits per heavy atom. The molecule has 2 rings (SSSR count). The number of hydrogen-bond acceptors (Lipinski definition) is 4. The molecule has 1 unspecified atom stereocenters. The average Bonchev–Trinajstić information content (AvgIpc) is 2.65. The van der Waals surface area contributed by atoms with Gasteiger partial charge in [0.05, 0.1) is 21.7 Å². The Morgan fingerprint density at radius 1 is 1.44 bits per heavy atom. The molecule has 0 saturated carbocycles. The van der Waals surface area contributed by atoms with Crippen LogP contribution in [0.25, 0.3) is 0 Å². The minimum atomic E-state index is -2.93. The first-order chi connectivity index (χ1) is 8.43. The van der Waals surface area contributed by atoms with Gasteiger partial charge in [0.1, 0.15) is 11.0 Å². The highest BCUT2D eigenvalue weighted by atomic mass is 79.9. The minimum absolute atomic E-state index is 0.115. The van der Waals surface area contributed by atoms with Gasteiger partial charge in [-0.1, -0.05) is 24.9 Å². The second kappa shape index (κ2) is 5.43. The van der Waals surface area contributed by atoms with Crippen LogP contribution in [-0.4, -0.2) is 29.9 Å². The van der Waals surface area contributed by atoms with Crippen LogP contribution in [0, 0.1) is 0 Å². The number of aromatic nitrogens is 2. The van der Waals surface area contributed by atoms with Crippen LogP contribution >= 0.6 is 27.5 Å². The summed E-state index contributed by atoms with van der Waals surface area (Å²) >= 11 is 9.43. The molecule has 18 heavy (non-hydrogen) atoms. The van der Waals surface area contributed by atoms with Gasteiger partial charge < -0.3 is 0 Å². The molecule has 2 heterocycles. The summed E-state index contributed by atoms with van der Waals surface area (Å²) in [6, 6.07) is 0. The van der Waals surface area contributed by atoms with Crippen LogP contribution in [0.2, 0.25) is 5.15 Å². The molecule has 1 aromatic rings. The monoisotopic (exact) mass is 352 g/mol. The first-order valence-electron chi connectivity index (χ1n) is 5.85. The molecule has 0 radical (unpaired) electrons. The molecule has 1 saturated heterocycles. The molecular formula is C11H14BrClN2O2S. The molecule has 0 spiro atoms. The van der Waals surface area contributed by atoms with Crippen molar-refractivity contribution in [1.29, 1.82) is 0 Å². The van der Waals surface area contributed by atoms with E-state index in [4.69, 9.17) is 11.6 Å². The summed E-state index contributed by atoms with van der Waals surface area (Å²) < 4.78 is 23.7. The summed E-state index contributed by atoms with van der Waals surface area (Å²) in [6.07, 6.45) is 2.34. The minimum Gasteiger partial charge on any atom is -0.236 e. The predicted octanol–water partition coefficient (Wildman–Crippen LogP) is 2.75. The number of aryl methyl sites for hydroxylation is 1. The van der Waals surface area contributed by atoms with Crippen molar-refractivity contribution in [1.82, 2.24) is 9.97 Å². The topological polar surface area (TPSA) is 59.9 Å².